The van der Waals surface area contributed by atoms with Crippen LogP contribution >= 0.6 is 0 Å². The molecule has 0 unspecified atom stereocenters. The van der Waals surface area contributed by atoms with Gasteiger partial charge in [0.05, 0.1) is 20.1 Å². The minimum Gasteiger partial charge on any atom is -0.494 e. The lowest BCUT2D eigenvalue weighted by atomic mass is 10.1. The van der Waals surface area contributed by atoms with Gasteiger partial charge in [-0.05, 0) is 48.4 Å². The van der Waals surface area contributed by atoms with E-state index in [1.165, 1.54) is 25.3 Å². The molecule has 1 N–H and O–H groups in total. The third-order valence-electron chi connectivity index (χ3n) is 3.47. The maximum atomic E-state index is 13.7. The zero-order valence-electron chi connectivity index (χ0n) is 14.6. The average molecular weight is 357 g/mol. The van der Waals surface area contributed by atoms with Crippen LogP contribution in [0, 0.1) is 5.82 Å². The summed E-state index contributed by atoms with van der Waals surface area (Å²) in [4.78, 5) is 23.3. The van der Waals surface area contributed by atoms with Crippen LogP contribution < -0.4 is 10.1 Å². The van der Waals surface area contributed by atoms with Gasteiger partial charge in [-0.25, -0.2) is 9.18 Å². The molecule has 2 aromatic rings. The highest BCUT2D eigenvalue weighted by atomic mass is 19.1. The molecular weight excluding hydrogens is 337 g/mol. The lowest BCUT2D eigenvalue weighted by molar-refractivity contribution is -0.137. The Kier molecular flexibility index (Phi) is 6.91. The van der Waals surface area contributed by atoms with E-state index in [0.717, 1.165) is 5.56 Å². The molecular formula is C20H20FNO4. The van der Waals surface area contributed by atoms with Gasteiger partial charge >= 0.3 is 5.97 Å². The number of ether oxygens (including phenoxy) is 2. The van der Waals surface area contributed by atoms with Gasteiger partial charge in [0.2, 0.25) is 5.91 Å². The standard InChI is InChI=1S/C20H20FNO4/c1-3-26-20(24)11-7-14-4-8-16(9-5-14)22-19(23)13-15-6-10-18(25-2)17(21)12-15/h4-12H,3,13H2,1-2H3,(H,22,23)/b11-7+. The molecule has 0 radical (unpaired) electrons. The van der Waals surface area contributed by atoms with Crippen molar-refractivity contribution in [1.82, 2.24) is 0 Å². The quantitative estimate of drug-likeness (QED) is 0.607. The highest BCUT2D eigenvalue weighted by Gasteiger charge is 2.08. The molecule has 0 fully saturated rings. The van der Waals surface area contributed by atoms with E-state index >= 15 is 0 Å². The van der Waals surface area contributed by atoms with Crippen LogP contribution in [-0.4, -0.2) is 25.6 Å². The number of halogens is 1. The zero-order valence-corrected chi connectivity index (χ0v) is 14.6. The van der Waals surface area contributed by atoms with Crippen molar-refractivity contribution in [2.45, 2.75) is 13.3 Å². The number of anilines is 1. The van der Waals surface area contributed by atoms with Crippen LogP contribution in [0.25, 0.3) is 6.08 Å². The van der Waals surface area contributed by atoms with E-state index < -0.39 is 11.8 Å². The van der Waals surface area contributed by atoms with Crippen LogP contribution in [0.5, 0.6) is 5.75 Å². The maximum Gasteiger partial charge on any atom is 0.330 e. The summed E-state index contributed by atoms with van der Waals surface area (Å²) in [6.45, 7) is 2.07. The number of benzene rings is 2. The molecule has 0 saturated carbocycles. The summed E-state index contributed by atoms with van der Waals surface area (Å²) in [5, 5.41) is 2.74. The Morgan fingerprint density at radius 1 is 1.15 bits per heavy atom. The lowest BCUT2D eigenvalue weighted by Gasteiger charge is -2.07. The minimum atomic E-state index is -0.504. The van der Waals surface area contributed by atoms with Crippen LogP contribution in [-0.2, 0) is 20.7 Å². The number of nitrogens with one attached hydrogen (secondary N) is 1. The molecule has 6 heteroatoms. The van der Waals surface area contributed by atoms with Crippen molar-refractivity contribution in [1.29, 1.82) is 0 Å². The van der Waals surface area contributed by atoms with E-state index in [2.05, 4.69) is 5.32 Å². The first-order chi connectivity index (χ1) is 12.5. The molecule has 0 aromatic heterocycles. The molecule has 0 saturated heterocycles. The van der Waals surface area contributed by atoms with E-state index in [1.807, 2.05) is 0 Å². The Balaban J connectivity index is 1.93. The fourth-order valence-corrected chi connectivity index (χ4v) is 2.24. The first-order valence-corrected chi connectivity index (χ1v) is 8.09. The van der Waals surface area contributed by atoms with Gasteiger partial charge < -0.3 is 14.8 Å². The highest BCUT2D eigenvalue weighted by molar-refractivity contribution is 5.92. The number of carbonyl (C=O) groups excluding carboxylic acids is 2. The molecule has 0 atom stereocenters. The average Bonchev–Trinajstić information content (AvgIpc) is 2.61. The lowest BCUT2D eigenvalue weighted by Crippen LogP contribution is -2.14. The Bertz CT molecular complexity index is 800. The molecule has 0 heterocycles. The number of hydrogen-bond donors (Lipinski definition) is 1. The third kappa shape index (κ3) is 5.73. The first-order valence-electron chi connectivity index (χ1n) is 8.09. The number of rotatable bonds is 7. The molecule has 26 heavy (non-hydrogen) atoms. The van der Waals surface area contributed by atoms with Gasteiger partial charge in [-0.15, -0.1) is 0 Å². The molecule has 0 aliphatic carbocycles. The second-order valence-electron chi connectivity index (χ2n) is 5.40. The molecule has 0 aliphatic rings. The monoisotopic (exact) mass is 357 g/mol. The van der Waals surface area contributed by atoms with E-state index in [-0.39, 0.29) is 18.1 Å². The number of carbonyl (C=O) groups is 2. The molecule has 2 rings (SSSR count). The van der Waals surface area contributed by atoms with E-state index in [9.17, 15) is 14.0 Å². The Morgan fingerprint density at radius 2 is 1.88 bits per heavy atom. The van der Waals surface area contributed by atoms with E-state index in [4.69, 9.17) is 9.47 Å². The van der Waals surface area contributed by atoms with Crippen molar-refractivity contribution in [2.24, 2.45) is 0 Å². The fourth-order valence-electron chi connectivity index (χ4n) is 2.24. The Hall–Kier alpha value is -3.15. The van der Waals surface area contributed by atoms with Crippen molar-refractivity contribution in [3.05, 3.63) is 65.5 Å². The molecule has 5 nitrogen and oxygen atoms in total. The van der Waals surface area contributed by atoms with Gasteiger partial charge in [0.15, 0.2) is 11.6 Å². The molecule has 2 aromatic carbocycles. The Morgan fingerprint density at radius 3 is 2.50 bits per heavy atom. The second-order valence-corrected chi connectivity index (χ2v) is 5.40. The maximum absolute atomic E-state index is 13.7. The van der Waals surface area contributed by atoms with Crippen molar-refractivity contribution in [3.8, 4) is 5.75 Å². The smallest absolute Gasteiger partial charge is 0.330 e. The van der Waals surface area contributed by atoms with Crippen LogP contribution in [0.3, 0.4) is 0 Å². The van der Waals surface area contributed by atoms with Gasteiger partial charge in [0.25, 0.3) is 0 Å². The SMILES string of the molecule is CCOC(=O)/C=C/c1ccc(NC(=O)Cc2ccc(OC)c(F)c2)cc1. The largest absolute Gasteiger partial charge is 0.494 e. The highest BCUT2D eigenvalue weighted by Crippen LogP contribution is 2.18. The molecule has 0 bridgehead atoms. The molecule has 1 amide bonds. The van der Waals surface area contributed by atoms with Gasteiger partial charge in [-0.1, -0.05) is 18.2 Å². The third-order valence-corrected chi connectivity index (χ3v) is 3.47. The predicted molar refractivity (Wildman–Crippen MR) is 97.4 cm³/mol. The van der Waals surface area contributed by atoms with Gasteiger partial charge in [-0.3, -0.25) is 4.79 Å². The van der Waals surface area contributed by atoms with Gasteiger partial charge in [-0.2, -0.15) is 0 Å². The van der Waals surface area contributed by atoms with Crippen molar-refractivity contribution < 1.29 is 23.5 Å². The zero-order chi connectivity index (χ0) is 18.9. The predicted octanol–water partition coefficient (Wildman–Crippen LogP) is 3.59. The second kappa shape index (κ2) is 9.36. The topological polar surface area (TPSA) is 64.6 Å². The summed E-state index contributed by atoms with van der Waals surface area (Å²) < 4.78 is 23.3. The number of amides is 1. The summed E-state index contributed by atoms with van der Waals surface area (Å²) in [7, 11) is 1.39. The summed E-state index contributed by atoms with van der Waals surface area (Å²) in [6, 6.07) is 11.4. The molecule has 0 spiro atoms. The minimum absolute atomic E-state index is 0.0471. The summed E-state index contributed by atoms with van der Waals surface area (Å²) >= 11 is 0. The number of methoxy groups -OCH3 is 1. The van der Waals surface area contributed by atoms with Crippen molar-refractivity contribution in [2.75, 3.05) is 19.0 Å². The fraction of sp³-hybridized carbons (Fsp3) is 0.200. The first kappa shape index (κ1) is 19.2. The normalized spacial score (nSPS) is 10.6. The molecule has 0 aliphatic heterocycles. The van der Waals surface area contributed by atoms with Crippen LogP contribution in [0.1, 0.15) is 18.1 Å². The van der Waals surface area contributed by atoms with Gasteiger partial charge in [0.1, 0.15) is 0 Å². The van der Waals surface area contributed by atoms with Crippen LogP contribution in [0.4, 0.5) is 10.1 Å². The van der Waals surface area contributed by atoms with E-state index in [1.54, 1.807) is 43.3 Å². The van der Waals surface area contributed by atoms with E-state index in [0.29, 0.717) is 17.9 Å². The Labute approximate surface area is 151 Å². The van der Waals surface area contributed by atoms with Crippen LogP contribution in [0.2, 0.25) is 0 Å². The van der Waals surface area contributed by atoms with Crippen molar-refractivity contribution >= 4 is 23.6 Å². The number of hydrogen-bond acceptors (Lipinski definition) is 4. The summed E-state index contributed by atoms with van der Waals surface area (Å²) in [5.74, 6) is -1.03. The molecule has 136 valence electrons. The summed E-state index contributed by atoms with van der Waals surface area (Å²) in [5.41, 5.74) is 1.96. The van der Waals surface area contributed by atoms with Gasteiger partial charge in [0, 0.05) is 11.8 Å². The van der Waals surface area contributed by atoms with Crippen molar-refractivity contribution in [3.63, 3.8) is 0 Å². The number of esters is 1. The summed E-state index contributed by atoms with van der Waals surface area (Å²) in [6.07, 6.45) is 3.02. The van der Waals surface area contributed by atoms with Crippen LogP contribution in [0.15, 0.2) is 48.5 Å².